The van der Waals surface area contributed by atoms with E-state index in [9.17, 15) is 14.4 Å². The number of rotatable bonds is 4. The third kappa shape index (κ3) is 4.15. The number of nitrogens with one attached hydrogen (secondary N) is 1. The van der Waals surface area contributed by atoms with Crippen LogP contribution < -0.4 is 5.32 Å². The third-order valence-electron chi connectivity index (χ3n) is 3.76. The summed E-state index contributed by atoms with van der Waals surface area (Å²) in [5, 5.41) is 3.40. The van der Waals surface area contributed by atoms with Gasteiger partial charge >= 0.3 is 6.09 Å². The molecule has 1 heterocycles. The number of nitrogens with zero attached hydrogens (tertiary/aromatic N) is 1. The van der Waals surface area contributed by atoms with Crippen LogP contribution in [0.2, 0.25) is 0 Å². The molecule has 27 heavy (non-hydrogen) atoms. The van der Waals surface area contributed by atoms with Gasteiger partial charge in [-0.3, -0.25) is 19.7 Å². The molecule has 2 aromatic rings. The Morgan fingerprint density at radius 1 is 0.963 bits per heavy atom. The molecule has 3 amide bonds. The summed E-state index contributed by atoms with van der Waals surface area (Å²) in [7, 11) is 0. The fraction of sp³-hybridized carbons (Fsp3) is 0.250. The normalized spacial score (nSPS) is 13.5. The number of carbonyl (C=O) groups excluding carboxylic acids is 3. The standard InChI is InChI=1S/C20H20N2O5/c1-20(2,3)27-19(25)21-16-11-7-4-8-13(16)12-26-22-17(23)14-9-5-6-10-15(14)18(22)24/h4-11H,12H2,1-3H3,(H,21,25). The Labute approximate surface area is 156 Å². The van der Waals surface area contributed by atoms with Gasteiger partial charge in [-0.25, -0.2) is 4.79 Å². The van der Waals surface area contributed by atoms with Gasteiger partial charge in [-0.2, -0.15) is 0 Å². The lowest BCUT2D eigenvalue weighted by atomic mass is 10.1. The monoisotopic (exact) mass is 368 g/mol. The number of hydrogen-bond acceptors (Lipinski definition) is 5. The van der Waals surface area contributed by atoms with E-state index in [1.54, 1.807) is 69.3 Å². The average molecular weight is 368 g/mol. The molecule has 0 bridgehead atoms. The summed E-state index contributed by atoms with van der Waals surface area (Å²) in [5.41, 5.74) is 1.06. The van der Waals surface area contributed by atoms with Crippen molar-refractivity contribution in [1.29, 1.82) is 0 Å². The Bertz CT molecular complexity index is 866. The summed E-state index contributed by atoms with van der Waals surface area (Å²) in [4.78, 5) is 42.1. The number of amides is 3. The fourth-order valence-electron chi connectivity index (χ4n) is 2.60. The molecule has 7 heteroatoms. The minimum atomic E-state index is -0.629. The van der Waals surface area contributed by atoms with Crippen LogP contribution in [-0.2, 0) is 16.2 Å². The van der Waals surface area contributed by atoms with Crippen molar-refractivity contribution in [1.82, 2.24) is 5.06 Å². The Morgan fingerprint density at radius 2 is 1.52 bits per heavy atom. The van der Waals surface area contributed by atoms with Gasteiger partial charge in [-0.15, -0.1) is 5.06 Å². The van der Waals surface area contributed by atoms with Gasteiger partial charge < -0.3 is 4.74 Å². The van der Waals surface area contributed by atoms with E-state index in [1.165, 1.54) is 0 Å². The van der Waals surface area contributed by atoms with E-state index in [4.69, 9.17) is 9.57 Å². The molecule has 1 aliphatic rings. The lowest BCUT2D eigenvalue weighted by Gasteiger charge is -2.20. The van der Waals surface area contributed by atoms with Crippen molar-refractivity contribution >= 4 is 23.6 Å². The largest absolute Gasteiger partial charge is 0.444 e. The summed E-state index contributed by atoms with van der Waals surface area (Å²) < 4.78 is 5.24. The molecule has 0 unspecified atom stereocenters. The number of benzene rings is 2. The second-order valence-electron chi connectivity index (χ2n) is 7.01. The summed E-state index contributed by atoms with van der Waals surface area (Å²) >= 11 is 0. The number of hydroxylamine groups is 2. The zero-order valence-corrected chi connectivity index (χ0v) is 15.3. The van der Waals surface area contributed by atoms with Crippen LogP contribution in [-0.4, -0.2) is 28.6 Å². The summed E-state index contributed by atoms with van der Waals surface area (Å²) in [5.74, 6) is -1.01. The first kappa shape index (κ1) is 18.6. The molecule has 140 valence electrons. The maximum atomic E-state index is 12.3. The zero-order valence-electron chi connectivity index (χ0n) is 15.3. The Hall–Kier alpha value is -3.19. The van der Waals surface area contributed by atoms with E-state index in [2.05, 4.69) is 5.32 Å². The minimum Gasteiger partial charge on any atom is -0.444 e. The van der Waals surface area contributed by atoms with Crippen molar-refractivity contribution in [2.24, 2.45) is 0 Å². The smallest absolute Gasteiger partial charge is 0.412 e. The van der Waals surface area contributed by atoms with Gasteiger partial charge in [0.2, 0.25) is 0 Å². The number of ether oxygens (including phenoxy) is 1. The molecule has 1 aliphatic heterocycles. The third-order valence-corrected chi connectivity index (χ3v) is 3.76. The molecule has 0 aromatic heterocycles. The van der Waals surface area contributed by atoms with E-state index >= 15 is 0 Å². The van der Waals surface area contributed by atoms with Crippen LogP contribution >= 0.6 is 0 Å². The predicted molar refractivity (Wildman–Crippen MR) is 98.0 cm³/mol. The number of hydrogen-bond donors (Lipinski definition) is 1. The quantitative estimate of drug-likeness (QED) is 0.831. The topological polar surface area (TPSA) is 84.9 Å². The fourth-order valence-corrected chi connectivity index (χ4v) is 2.60. The number of fused-ring (bicyclic) bond motifs is 1. The highest BCUT2D eigenvalue weighted by Gasteiger charge is 2.36. The van der Waals surface area contributed by atoms with Crippen molar-refractivity contribution in [3.63, 3.8) is 0 Å². The number of anilines is 1. The van der Waals surface area contributed by atoms with Crippen LogP contribution in [0.25, 0.3) is 0 Å². The maximum Gasteiger partial charge on any atom is 0.412 e. The van der Waals surface area contributed by atoms with Crippen LogP contribution in [0.1, 0.15) is 47.1 Å². The first-order valence-electron chi connectivity index (χ1n) is 8.45. The SMILES string of the molecule is CC(C)(C)OC(=O)Nc1ccccc1CON1C(=O)c2ccccc2C1=O. The lowest BCUT2D eigenvalue weighted by Crippen LogP contribution is -2.30. The first-order valence-corrected chi connectivity index (χ1v) is 8.45. The summed E-state index contributed by atoms with van der Waals surface area (Å²) in [6.07, 6.45) is -0.601. The van der Waals surface area contributed by atoms with E-state index < -0.39 is 23.5 Å². The van der Waals surface area contributed by atoms with Gasteiger partial charge in [0.1, 0.15) is 12.2 Å². The minimum absolute atomic E-state index is 0.0720. The van der Waals surface area contributed by atoms with Crippen molar-refractivity contribution in [2.45, 2.75) is 33.0 Å². The second kappa shape index (κ2) is 7.20. The molecule has 0 atom stereocenters. The predicted octanol–water partition coefficient (Wildman–Crippen LogP) is 3.76. The number of imide groups is 1. The van der Waals surface area contributed by atoms with Crippen LogP contribution in [0.3, 0.4) is 0 Å². The van der Waals surface area contributed by atoms with Crippen molar-refractivity contribution < 1.29 is 24.0 Å². The first-order chi connectivity index (χ1) is 12.8. The molecular formula is C20H20N2O5. The summed E-state index contributed by atoms with van der Waals surface area (Å²) in [6, 6.07) is 13.5. The van der Waals surface area contributed by atoms with Crippen LogP contribution in [0.4, 0.5) is 10.5 Å². The molecule has 2 aromatic carbocycles. The Morgan fingerprint density at radius 3 is 2.11 bits per heavy atom. The van der Waals surface area contributed by atoms with E-state index in [0.29, 0.717) is 22.4 Å². The molecular weight excluding hydrogens is 348 g/mol. The number of para-hydroxylation sites is 1. The summed E-state index contributed by atoms with van der Waals surface area (Å²) in [6.45, 7) is 5.23. The van der Waals surface area contributed by atoms with Crippen molar-refractivity contribution in [3.8, 4) is 0 Å². The highest BCUT2D eigenvalue weighted by Crippen LogP contribution is 2.24. The molecule has 0 fully saturated rings. The molecule has 0 saturated carbocycles. The maximum absolute atomic E-state index is 12.3. The molecule has 3 rings (SSSR count). The van der Waals surface area contributed by atoms with Gasteiger partial charge in [0.25, 0.3) is 11.8 Å². The highest BCUT2D eigenvalue weighted by molar-refractivity contribution is 6.20. The van der Waals surface area contributed by atoms with Gasteiger partial charge in [0, 0.05) is 11.3 Å². The second-order valence-corrected chi connectivity index (χ2v) is 7.01. The van der Waals surface area contributed by atoms with Gasteiger partial charge in [-0.05, 0) is 39.0 Å². The van der Waals surface area contributed by atoms with E-state index in [1.807, 2.05) is 0 Å². The molecule has 0 spiro atoms. The lowest BCUT2D eigenvalue weighted by molar-refractivity contribution is -0.100. The van der Waals surface area contributed by atoms with Crippen LogP contribution in [0.5, 0.6) is 0 Å². The van der Waals surface area contributed by atoms with Crippen molar-refractivity contribution in [3.05, 3.63) is 65.2 Å². The van der Waals surface area contributed by atoms with Gasteiger partial charge in [0.05, 0.1) is 11.1 Å². The molecule has 7 nitrogen and oxygen atoms in total. The van der Waals surface area contributed by atoms with Crippen LogP contribution in [0.15, 0.2) is 48.5 Å². The highest BCUT2D eigenvalue weighted by atomic mass is 16.7. The molecule has 1 N–H and O–H groups in total. The zero-order chi connectivity index (χ0) is 19.6. The molecule has 0 radical (unpaired) electrons. The van der Waals surface area contributed by atoms with Crippen LogP contribution in [0, 0.1) is 0 Å². The van der Waals surface area contributed by atoms with Gasteiger partial charge in [0.15, 0.2) is 0 Å². The van der Waals surface area contributed by atoms with E-state index in [0.717, 1.165) is 5.06 Å². The molecule has 0 aliphatic carbocycles. The Balaban J connectivity index is 1.70. The average Bonchev–Trinajstić information content (AvgIpc) is 2.84. The number of carbonyl (C=O) groups is 3. The molecule has 0 saturated heterocycles. The Kier molecular flexibility index (Phi) is 4.96. The van der Waals surface area contributed by atoms with Crippen molar-refractivity contribution in [2.75, 3.05) is 5.32 Å². The van der Waals surface area contributed by atoms with Gasteiger partial charge in [-0.1, -0.05) is 30.3 Å². The van der Waals surface area contributed by atoms with E-state index in [-0.39, 0.29) is 6.61 Å².